The molecule has 0 spiro atoms. The molecule has 14 heavy (non-hydrogen) atoms. The van der Waals surface area contributed by atoms with Gasteiger partial charge in [-0.25, -0.2) is 0 Å². The highest BCUT2D eigenvalue weighted by molar-refractivity contribution is 6.35. The van der Waals surface area contributed by atoms with Crippen LogP contribution < -0.4 is 0 Å². The molecule has 2 nitrogen and oxygen atoms in total. The van der Waals surface area contributed by atoms with Crippen molar-refractivity contribution in [2.24, 2.45) is 0 Å². The topological polar surface area (TPSA) is 21.8 Å². The van der Waals surface area contributed by atoms with Crippen molar-refractivity contribution in [3.63, 3.8) is 0 Å². The average Bonchev–Trinajstić information content (AvgIpc) is 2.92. The Balaban J connectivity index is 1.87. The number of hydrogen-bond acceptors (Lipinski definition) is 2. The SMILES string of the molecule is Clc1ccc(COC[C@H]2CO2)c(Cl)c1. The summed E-state index contributed by atoms with van der Waals surface area (Å²) in [6.45, 7) is 1.96. The number of halogens is 2. The Bertz CT molecular complexity index is 324. The lowest BCUT2D eigenvalue weighted by Crippen LogP contribution is -2.01. The second-order valence-corrected chi connectivity index (χ2v) is 4.05. The largest absolute Gasteiger partial charge is 0.374 e. The van der Waals surface area contributed by atoms with Crippen LogP contribution in [0.2, 0.25) is 10.0 Å². The van der Waals surface area contributed by atoms with Crippen LogP contribution in [-0.4, -0.2) is 19.3 Å². The minimum Gasteiger partial charge on any atom is -0.374 e. The van der Waals surface area contributed by atoms with E-state index in [1.165, 1.54) is 0 Å². The van der Waals surface area contributed by atoms with Gasteiger partial charge in [0.15, 0.2) is 0 Å². The molecule has 76 valence electrons. The zero-order valence-electron chi connectivity index (χ0n) is 7.50. The smallest absolute Gasteiger partial charge is 0.104 e. The molecule has 2 rings (SSSR count). The molecule has 0 radical (unpaired) electrons. The zero-order chi connectivity index (χ0) is 9.97. The van der Waals surface area contributed by atoms with Crippen molar-refractivity contribution in [3.05, 3.63) is 33.8 Å². The normalized spacial score (nSPS) is 19.7. The molecule has 0 saturated carbocycles. The van der Waals surface area contributed by atoms with Gasteiger partial charge in [-0.2, -0.15) is 0 Å². The first-order valence-electron chi connectivity index (χ1n) is 4.39. The Hall–Kier alpha value is -0.280. The van der Waals surface area contributed by atoms with E-state index in [-0.39, 0.29) is 0 Å². The maximum Gasteiger partial charge on any atom is 0.104 e. The molecule has 0 amide bonds. The Morgan fingerprint density at radius 2 is 2.21 bits per heavy atom. The van der Waals surface area contributed by atoms with Gasteiger partial charge in [-0.1, -0.05) is 29.3 Å². The van der Waals surface area contributed by atoms with Crippen LogP contribution in [0.25, 0.3) is 0 Å². The third-order valence-corrected chi connectivity index (χ3v) is 2.57. The molecule has 0 N–H and O–H groups in total. The molecular weight excluding hydrogens is 223 g/mol. The van der Waals surface area contributed by atoms with Crippen LogP contribution in [0.5, 0.6) is 0 Å². The first-order valence-corrected chi connectivity index (χ1v) is 5.14. The fraction of sp³-hybridized carbons (Fsp3) is 0.400. The minimum absolute atomic E-state index is 0.293. The number of ether oxygens (including phenoxy) is 2. The Morgan fingerprint density at radius 1 is 1.43 bits per heavy atom. The van der Waals surface area contributed by atoms with Gasteiger partial charge >= 0.3 is 0 Å². The average molecular weight is 233 g/mol. The molecule has 1 heterocycles. The summed E-state index contributed by atoms with van der Waals surface area (Å²) in [6.07, 6.45) is 0.293. The van der Waals surface area contributed by atoms with Crippen LogP contribution in [-0.2, 0) is 16.1 Å². The Kier molecular flexibility index (Phi) is 3.29. The zero-order valence-corrected chi connectivity index (χ0v) is 9.02. The van der Waals surface area contributed by atoms with Crippen LogP contribution in [0.4, 0.5) is 0 Å². The molecule has 1 fully saturated rings. The van der Waals surface area contributed by atoms with Crippen molar-refractivity contribution in [2.75, 3.05) is 13.2 Å². The predicted octanol–water partition coefficient (Wildman–Crippen LogP) is 2.91. The number of epoxide rings is 1. The van der Waals surface area contributed by atoms with Gasteiger partial charge in [0.25, 0.3) is 0 Å². The molecule has 1 atom stereocenters. The standard InChI is InChI=1S/C10H10Cl2O2/c11-8-2-1-7(10(12)3-8)4-13-5-9-6-14-9/h1-3,9H,4-6H2/t9-/m0/s1. The Labute approximate surface area is 92.7 Å². The van der Waals surface area contributed by atoms with E-state index in [1.807, 2.05) is 6.07 Å². The number of rotatable bonds is 4. The summed E-state index contributed by atoms with van der Waals surface area (Å²) in [4.78, 5) is 0. The third-order valence-electron chi connectivity index (χ3n) is 1.98. The number of benzene rings is 1. The summed E-state index contributed by atoms with van der Waals surface area (Å²) in [5.41, 5.74) is 0.955. The maximum absolute atomic E-state index is 5.96. The summed E-state index contributed by atoms with van der Waals surface area (Å²) in [6, 6.07) is 5.40. The highest BCUT2D eigenvalue weighted by Gasteiger charge is 2.22. The van der Waals surface area contributed by atoms with E-state index in [1.54, 1.807) is 12.1 Å². The van der Waals surface area contributed by atoms with Crippen molar-refractivity contribution in [3.8, 4) is 0 Å². The van der Waals surface area contributed by atoms with E-state index < -0.39 is 0 Å². The van der Waals surface area contributed by atoms with Crippen molar-refractivity contribution in [1.82, 2.24) is 0 Å². The molecule has 0 bridgehead atoms. The van der Waals surface area contributed by atoms with Gasteiger partial charge in [0, 0.05) is 10.0 Å². The van der Waals surface area contributed by atoms with E-state index in [9.17, 15) is 0 Å². The number of hydrogen-bond donors (Lipinski definition) is 0. The fourth-order valence-corrected chi connectivity index (χ4v) is 1.57. The second kappa shape index (κ2) is 4.49. The van der Waals surface area contributed by atoms with Gasteiger partial charge in [0.2, 0.25) is 0 Å². The minimum atomic E-state index is 0.293. The summed E-state index contributed by atoms with van der Waals surface area (Å²) in [5.74, 6) is 0. The van der Waals surface area contributed by atoms with Gasteiger partial charge in [-0.05, 0) is 17.7 Å². The molecule has 1 aromatic rings. The lowest BCUT2D eigenvalue weighted by atomic mass is 10.2. The van der Waals surface area contributed by atoms with Crippen molar-refractivity contribution < 1.29 is 9.47 Å². The van der Waals surface area contributed by atoms with Gasteiger partial charge in [-0.15, -0.1) is 0 Å². The molecule has 1 aromatic carbocycles. The van der Waals surface area contributed by atoms with Crippen LogP contribution in [0.1, 0.15) is 5.56 Å². The van der Waals surface area contributed by atoms with Crippen LogP contribution in [0, 0.1) is 0 Å². The van der Waals surface area contributed by atoms with Crippen LogP contribution in [0.3, 0.4) is 0 Å². The summed E-state index contributed by atoms with van der Waals surface area (Å²) in [5, 5.41) is 1.29. The molecular formula is C10H10Cl2O2. The lowest BCUT2D eigenvalue weighted by molar-refractivity contribution is 0.104. The lowest BCUT2D eigenvalue weighted by Gasteiger charge is -2.04. The van der Waals surface area contributed by atoms with E-state index >= 15 is 0 Å². The van der Waals surface area contributed by atoms with Crippen LogP contribution >= 0.6 is 23.2 Å². The van der Waals surface area contributed by atoms with Gasteiger partial charge < -0.3 is 9.47 Å². The van der Waals surface area contributed by atoms with Gasteiger partial charge in [-0.3, -0.25) is 0 Å². The Morgan fingerprint density at radius 3 is 2.86 bits per heavy atom. The molecule has 1 saturated heterocycles. The van der Waals surface area contributed by atoms with E-state index in [0.29, 0.717) is 29.4 Å². The first-order chi connectivity index (χ1) is 6.75. The van der Waals surface area contributed by atoms with Crippen molar-refractivity contribution in [1.29, 1.82) is 0 Å². The summed E-state index contributed by atoms with van der Waals surface area (Å²) >= 11 is 11.7. The second-order valence-electron chi connectivity index (χ2n) is 3.21. The van der Waals surface area contributed by atoms with Crippen LogP contribution in [0.15, 0.2) is 18.2 Å². The summed E-state index contributed by atoms with van der Waals surface area (Å²) < 4.78 is 10.4. The molecule has 0 aliphatic carbocycles. The quantitative estimate of drug-likeness (QED) is 0.746. The molecule has 4 heteroatoms. The molecule has 1 aliphatic heterocycles. The van der Waals surface area contributed by atoms with Crippen molar-refractivity contribution in [2.45, 2.75) is 12.7 Å². The highest BCUT2D eigenvalue weighted by Crippen LogP contribution is 2.22. The third kappa shape index (κ3) is 2.85. The maximum atomic E-state index is 5.96. The predicted molar refractivity (Wildman–Crippen MR) is 55.9 cm³/mol. The van der Waals surface area contributed by atoms with E-state index in [2.05, 4.69) is 0 Å². The summed E-state index contributed by atoms with van der Waals surface area (Å²) in [7, 11) is 0. The first kappa shape index (κ1) is 10.2. The molecule has 0 aromatic heterocycles. The highest BCUT2D eigenvalue weighted by atomic mass is 35.5. The fourth-order valence-electron chi connectivity index (χ4n) is 1.10. The van der Waals surface area contributed by atoms with Gasteiger partial charge in [0.05, 0.1) is 19.8 Å². The monoisotopic (exact) mass is 232 g/mol. The molecule has 1 aliphatic rings. The van der Waals surface area contributed by atoms with Gasteiger partial charge in [0.1, 0.15) is 6.10 Å². The van der Waals surface area contributed by atoms with E-state index in [0.717, 1.165) is 12.2 Å². The molecule has 0 unspecified atom stereocenters. The van der Waals surface area contributed by atoms with E-state index in [4.69, 9.17) is 32.7 Å². The van der Waals surface area contributed by atoms with Crippen molar-refractivity contribution >= 4 is 23.2 Å².